The summed E-state index contributed by atoms with van der Waals surface area (Å²) in [5, 5.41) is 4.74. The molecule has 0 radical (unpaired) electrons. The predicted molar refractivity (Wildman–Crippen MR) is 111 cm³/mol. The van der Waals surface area contributed by atoms with Gasteiger partial charge < -0.3 is 9.47 Å². The van der Waals surface area contributed by atoms with Crippen molar-refractivity contribution in [1.82, 2.24) is 14.7 Å². The van der Waals surface area contributed by atoms with Crippen molar-refractivity contribution in [3.05, 3.63) is 65.9 Å². The van der Waals surface area contributed by atoms with E-state index < -0.39 is 0 Å². The Hall–Kier alpha value is -2.63. The molecular weight excluding hydrogens is 350 g/mol. The third-order valence-electron chi connectivity index (χ3n) is 5.09. The largest absolute Gasteiger partial charge is 0.475 e. The molecule has 1 aliphatic heterocycles. The van der Waals surface area contributed by atoms with Crippen LogP contribution < -0.4 is 4.74 Å². The number of rotatable bonds is 6. The van der Waals surface area contributed by atoms with Crippen molar-refractivity contribution in [3.63, 3.8) is 0 Å². The fraction of sp³-hybridized carbons (Fsp3) is 0.348. The first-order valence-corrected chi connectivity index (χ1v) is 9.86. The van der Waals surface area contributed by atoms with Crippen molar-refractivity contribution in [3.8, 4) is 22.7 Å². The van der Waals surface area contributed by atoms with Crippen molar-refractivity contribution in [2.45, 2.75) is 13.8 Å². The van der Waals surface area contributed by atoms with Crippen LogP contribution in [-0.4, -0.2) is 54.1 Å². The average molecular weight is 377 g/mol. The smallest absolute Gasteiger partial charge is 0.241 e. The van der Waals surface area contributed by atoms with E-state index in [1.165, 1.54) is 11.1 Å². The van der Waals surface area contributed by atoms with Crippen LogP contribution in [0.3, 0.4) is 0 Å². The Bertz CT molecular complexity index is 895. The quantitative estimate of drug-likeness (QED) is 0.654. The van der Waals surface area contributed by atoms with Crippen molar-refractivity contribution < 1.29 is 9.47 Å². The number of benzene rings is 2. The van der Waals surface area contributed by atoms with Crippen LogP contribution in [0.15, 0.2) is 54.7 Å². The van der Waals surface area contributed by atoms with Crippen molar-refractivity contribution in [2.75, 3.05) is 39.5 Å². The van der Waals surface area contributed by atoms with Crippen LogP contribution in [-0.2, 0) is 4.74 Å². The molecule has 2 heterocycles. The lowest BCUT2D eigenvalue weighted by Gasteiger charge is -2.26. The zero-order valence-electron chi connectivity index (χ0n) is 16.6. The molecular formula is C23H27N3O2. The molecule has 28 heavy (non-hydrogen) atoms. The highest BCUT2D eigenvalue weighted by molar-refractivity contribution is 5.68. The van der Waals surface area contributed by atoms with E-state index >= 15 is 0 Å². The summed E-state index contributed by atoms with van der Waals surface area (Å²) in [5.41, 5.74) is 5.64. The van der Waals surface area contributed by atoms with Crippen LogP contribution in [0.25, 0.3) is 16.8 Å². The van der Waals surface area contributed by atoms with Gasteiger partial charge in [0, 0.05) is 25.8 Å². The Balaban J connectivity index is 1.56. The molecule has 1 aromatic heterocycles. The van der Waals surface area contributed by atoms with Crippen molar-refractivity contribution in [2.24, 2.45) is 0 Å². The number of nitrogens with zero attached hydrogens (tertiary/aromatic N) is 3. The van der Waals surface area contributed by atoms with Gasteiger partial charge in [-0.2, -0.15) is 0 Å². The SMILES string of the molecule is Cc1ccc(-c2cn(-c3ccc(C)cc3)nc2OCCN2CCOCC2)cc1. The minimum absolute atomic E-state index is 0.615. The molecule has 5 heteroatoms. The molecule has 1 aliphatic rings. The summed E-state index contributed by atoms with van der Waals surface area (Å²) in [5.74, 6) is 0.678. The minimum atomic E-state index is 0.615. The zero-order valence-corrected chi connectivity index (χ0v) is 16.6. The fourth-order valence-electron chi connectivity index (χ4n) is 3.32. The lowest BCUT2D eigenvalue weighted by molar-refractivity contribution is 0.0320. The summed E-state index contributed by atoms with van der Waals surface area (Å²) in [6, 6.07) is 16.9. The maximum absolute atomic E-state index is 6.14. The molecule has 0 bridgehead atoms. The molecule has 0 saturated carbocycles. The Morgan fingerprint density at radius 1 is 0.929 bits per heavy atom. The van der Waals surface area contributed by atoms with Gasteiger partial charge in [0.05, 0.1) is 24.5 Å². The molecule has 2 aromatic carbocycles. The topological polar surface area (TPSA) is 39.5 Å². The molecule has 0 aliphatic carbocycles. The first-order chi connectivity index (χ1) is 13.7. The first kappa shape index (κ1) is 18.7. The van der Waals surface area contributed by atoms with Gasteiger partial charge in [-0.05, 0) is 31.5 Å². The highest BCUT2D eigenvalue weighted by atomic mass is 16.5. The molecule has 3 aromatic rings. The van der Waals surface area contributed by atoms with Crippen LogP contribution in [0, 0.1) is 13.8 Å². The lowest BCUT2D eigenvalue weighted by Crippen LogP contribution is -2.38. The number of hydrogen-bond donors (Lipinski definition) is 0. The molecule has 0 N–H and O–H groups in total. The Morgan fingerprint density at radius 2 is 1.57 bits per heavy atom. The van der Waals surface area contributed by atoms with Gasteiger partial charge in [0.15, 0.2) is 0 Å². The van der Waals surface area contributed by atoms with Crippen molar-refractivity contribution >= 4 is 0 Å². The average Bonchev–Trinajstić information content (AvgIpc) is 3.14. The summed E-state index contributed by atoms with van der Waals surface area (Å²) in [6.07, 6.45) is 2.05. The highest BCUT2D eigenvalue weighted by Crippen LogP contribution is 2.30. The Morgan fingerprint density at radius 3 is 2.25 bits per heavy atom. The number of aromatic nitrogens is 2. The van der Waals surface area contributed by atoms with Crippen molar-refractivity contribution in [1.29, 1.82) is 0 Å². The fourth-order valence-corrected chi connectivity index (χ4v) is 3.32. The predicted octanol–water partition coefficient (Wildman–Crippen LogP) is 3.87. The molecule has 0 atom stereocenters. The van der Waals surface area contributed by atoms with Gasteiger partial charge in [0.2, 0.25) is 5.88 Å². The van der Waals surface area contributed by atoms with Crippen LogP contribution in [0.5, 0.6) is 5.88 Å². The van der Waals surface area contributed by atoms with Crippen LogP contribution in [0.2, 0.25) is 0 Å². The van der Waals surface area contributed by atoms with E-state index in [1.807, 2.05) is 4.68 Å². The molecule has 4 rings (SSSR count). The van der Waals surface area contributed by atoms with E-state index in [9.17, 15) is 0 Å². The molecule has 5 nitrogen and oxygen atoms in total. The molecule has 0 unspecified atom stereocenters. The third-order valence-corrected chi connectivity index (χ3v) is 5.09. The van der Waals surface area contributed by atoms with E-state index in [4.69, 9.17) is 14.6 Å². The molecule has 1 saturated heterocycles. The second kappa shape index (κ2) is 8.59. The normalized spacial score (nSPS) is 14.9. The molecule has 0 spiro atoms. The Kier molecular flexibility index (Phi) is 5.74. The summed E-state index contributed by atoms with van der Waals surface area (Å²) in [7, 11) is 0. The highest BCUT2D eigenvalue weighted by Gasteiger charge is 2.15. The number of hydrogen-bond acceptors (Lipinski definition) is 4. The summed E-state index contributed by atoms with van der Waals surface area (Å²) < 4.78 is 13.5. The summed E-state index contributed by atoms with van der Waals surface area (Å²) in [6.45, 7) is 9.22. The third kappa shape index (κ3) is 4.43. The second-order valence-electron chi connectivity index (χ2n) is 7.30. The van der Waals surface area contributed by atoms with Crippen LogP contribution in [0.4, 0.5) is 0 Å². The van der Waals surface area contributed by atoms with E-state index in [0.29, 0.717) is 12.5 Å². The molecule has 1 fully saturated rings. The van der Waals surface area contributed by atoms with Gasteiger partial charge in [-0.3, -0.25) is 4.90 Å². The molecule has 146 valence electrons. The standard InChI is InChI=1S/C23H27N3O2/c1-18-3-7-20(8-4-18)22-17-26(21-9-5-19(2)6-10-21)24-23(22)28-16-13-25-11-14-27-15-12-25/h3-10,17H,11-16H2,1-2H3. The minimum Gasteiger partial charge on any atom is -0.475 e. The maximum Gasteiger partial charge on any atom is 0.241 e. The number of ether oxygens (including phenoxy) is 2. The Labute approximate surface area is 166 Å². The van der Waals surface area contributed by atoms with Gasteiger partial charge in [-0.1, -0.05) is 47.5 Å². The first-order valence-electron chi connectivity index (χ1n) is 9.86. The van der Waals surface area contributed by atoms with Gasteiger partial charge in [-0.25, -0.2) is 4.68 Å². The van der Waals surface area contributed by atoms with Crippen LogP contribution in [0.1, 0.15) is 11.1 Å². The van der Waals surface area contributed by atoms with Crippen LogP contribution >= 0.6 is 0 Å². The second-order valence-corrected chi connectivity index (χ2v) is 7.30. The van der Waals surface area contributed by atoms with E-state index in [0.717, 1.165) is 49.7 Å². The lowest BCUT2D eigenvalue weighted by atomic mass is 10.1. The monoisotopic (exact) mass is 377 g/mol. The number of morpholine rings is 1. The summed E-state index contributed by atoms with van der Waals surface area (Å²) in [4.78, 5) is 2.37. The zero-order chi connectivity index (χ0) is 19.3. The summed E-state index contributed by atoms with van der Waals surface area (Å²) >= 11 is 0. The van der Waals surface area contributed by atoms with E-state index in [2.05, 4.69) is 73.5 Å². The number of aryl methyl sites for hydroxylation is 2. The molecule has 0 amide bonds. The van der Waals surface area contributed by atoms with Gasteiger partial charge in [-0.15, -0.1) is 5.10 Å². The van der Waals surface area contributed by atoms with E-state index in [1.54, 1.807) is 0 Å². The van der Waals surface area contributed by atoms with E-state index in [-0.39, 0.29) is 0 Å². The van der Waals surface area contributed by atoms with Gasteiger partial charge in [0.1, 0.15) is 6.61 Å². The van der Waals surface area contributed by atoms with Gasteiger partial charge in [0.25, 0.3) is 0 Å². The maximum atomic E-state index is 6.14. The van der Waals surface area contributed by atoms with Gasteiger partial charge >= 0.3 is 0 Å².